The van der Waals surface area contributed by atoms with E-state index in [1.165, 1.54) is 23.4 Å². The number of nitrogens with zero attached hydrogens (tertiary/aromatic N) is 2. The zero-order valence-electron chi connectivity index (χ0n) is 14.7. The van der Waals surface area contributed by atoms with E-state index < -0.39 is 5.25 Å². The van der Waals surface area contributed by atoms with Gasteiger partial charge in [-0.05, 0) is 25.5 Å². The average molecular weight is 366 g/mol. The molecule has 2 aromatic rings. The molecule has 0 fully saturated rings. The Morgan fingerprint density at radius 3 is 2.72 bits per heavy atom. The number of nitrogens with one attached hydrogen (secondary N) is 2. The van der Waals surface area contributed by atoms with Gasteiger partial charge in [0.15, 0.2) is 16.7 Å². The smallest absolute Gasteiger partial charge is 0.343 e. The van der Waals surface area contributed by atoms with Crippen LogP contribution < -0.4 is 20.5 Å². The second-order valence-electron chi connectivity index (χ2n) is 5.28. The number of benzene rings is 1. The van der Waals surface area contributed by atoms with E-state index >= 15 is 0 Å². The first-order valence-electron chi connectivity index (χ1n) is 7.84. The van der Waals surface area contributed by atoms with Gasteiger partial charge in [0, 0.05) is 18.3 Å². The number of hydrogen-bond donors (Lipinski definition) is 2. The summed E-state index contributed by atoms with van der Waals surface area (Å²) < 4.78 is 11.9. The number of H-pyrrole nitrogens is 1. The number of methoxy groups -OCH3 is 2. The highest BCUT2D eigenvalue weighted by Crippen LogP contribution is 2.30. The van der Waals surface area contributed by atoms with Crippen LogP contribution in [0.25, 0.3) is 0 Å². The highest BCUT2D eigenvalue weighted by Gasteiger charge is 2.19. The molecule has 1 amide bonds. The van der Waals surface area contributed by atoms with Gasteiger partial charge in [0.1, 0.15) is 0 Å². The van der Waals surface area contributed by atoms with Gasteiger partial charge in [-0.15, -0.1) is 5.10 Å². The van der Waals surface area contributed by atoms with Crippen LogP contribution >= 0.6 is 11.8 Å². The summed E-state index contributed by atoms with van der Waals surface area (Å²) in [4.78, 5) is 24.1. The number of ether oxygens (including phenoxy) is 2. The predicted octanol–water partition coefficient (Wildman–Crippen LogP) is 2.12. The molecule has 0 aliphatic carbocycles. The lowest BCUT2D eigenvalue weighted by Gasteiger charge is -2.13. The molecule has 1 aromatic heterocycles. The SMILES string of the molecule is CCCn1c(SC(C)C(=O)Nc2ccc(OC)c(OC)c2)n[nH]c1=O. The number of rotatable bonds is 8. The Hall–Kier alpha value is -2.42. The molecule has 2 N–H and O–H groups in total. The van der Waals surface area contributed by atoms with E-state index in [2.05, 4.69) is 15.5 Å². The number of aromatic amines is 1. The van der Waals surface area contributed by atoms with Crippen LogP contribution in [0, 0.1) is 0 Å². The second-order valence-corrected chi connectivity index (χ2v) is 6.59. The first-order chi connectivity index (χ1) is 12.0. The molecule has 0 spiro atoms. The Balaban J connectivity index is 2.07. The van der Waals surface area contributed by atoms with Crippen LogP contribution in [0.15, 0.2) is 28.2 Å². The molecule has 1 heterocycles. The highest BCUT2D eigenvalue weighted by atomic mass is 32.2. The highest BCUT2D eigenvalue weighted by molar-refractivity contribution is 8.00. The Morgan fingerprint density at radius 1 is 1.36 bits per heavy atom. The van der Waals surface area contributed by atoms with Crippen molar-refractivity contribution in [3.05, 3.63) is 28.7 Å². The molecule has 0 aliphatic rings. The number of carbonyl (C=O) groups excluding carboxylic acids is 1. The molecule has 1 atom stereocenters. The summed E-state index contributed by atoms with van der Waals surface area (Å²) in [5.41, 5.74) is 0.333. The predicted molar refractivity (Wildman–Crippen MR) is 96.6 cm³/mol. The summed E-state index contributed by atoms with van der Waals surface area (Å²) in [5.74, 6) is 0.920. The van der Waals surface area contributed by atoms with E-state index in [4.69, 9.17) is 9.47 Å². The van der Waals surface area contributed by atoms with Crippen LogP contribution in [0.2, 0.25) is 0 Å². The zero-order chi connectivity index (χ0) is 18.4. The molecule has 0 bridgehead atoms. The van der Waals surface area contributed by atoms with Gasteiger partial charge in [-0.25, -0.2) is 9.89 Å². The molecule has 0 aliphatic heterocycles. The first kappa shape index (κ1) is 18.9. The molecule has 136 valence electrons. The average Bonchev–Trinajstić information content (AvgIpc) is 2.95. The van der Waals surface area contributed by atoms with Gasteiger partial charge in [-0.3, -0.25) is 9.36 Å². The summed E-state index contributed by atoms with van der Waals surface area (Å²) in [7, 11) is 3.08. The fraction of sp³-hybridized carbons (Fsp3) is 0.438. The van der Waals surface area contributed by atoms with Crippen LogP contribution in [-0.4, -0.2) is 40.1 Å². The van der Waals surface area contributed by atoms with Crippen molar-refractivity contribution >= 4 is 23.4 Å². The largest absolute Gasteiger partial charge is 0.493 e. The van der Waals surface area contributed by atoms with E-state index in [1.807, 2.05) is 6.92 Å². The Morgan fingerprint density at radius 2 is 2.08 bits per heavy atom. The Kier molecular flexibility index (Phi) is 6.51. The normalized spacial score (nSPS) is 11.8. The third kappa shape index (κ3) is 4.56. The second kappa shape index (κ2) is 8.61. The quantitative estimate of drug-likeness (QED) is 0.695. The van der Waals surface area contributed by atoms with Crippen molar-refractivity contribution in [2.45, 2.75) is 37.2 Å². The maximum atomic E-state index is 12.4. The monoisotopic (exact) mass is 366 g/mol. The van der Waals surface area contributed by atoms with E-state index in [1.54, 1.807) is 32.2 Å². The summed E-state index contributed by atoms with van der Waals surface area (Å²) in [6.07, 6.45) is 0.805. The topological polar surface area (TPSA) is 98.2 Å². The van der Waals surface area contributed by atoms with Crippen molar-refractivity contribution in [2.24, 2.45) is 0 Å². The minimum absolute atomic E-state index is 0.198. The molecule has 0 saturated carbocycles. The zero-order valence-corrected chi connectivity index (χ0v) is 15.5. The van der Waals surface area contributed by atoms with E-state index in [0.717, 1.165) is 6.42 Å². The van der Waals surface area contributed by atoms with Gasteiger partial charge in [-0.2, -0.15) is 0 Å². The number of aromatic nitrogens is 3. The van der Waals surface area contributed by atoms with Gasteiger partial charge in [0.2, 0.25) is 5.91 Å². The molecule has 0 saturated heterocycles. The molecule has 9 heteroatoms. The summed E-state index contributed by atoms with van der Waals surface area (Å²) in [5, 5.41) is 9.30. The molecular formula is C16H22N4O4S. The molecule has 25 heavy (non-hydrogen) atoms. The first-order valence-corrected chi connectivity index (χ1v) is 8.72. The van der Waals surface area contributed by atoms with Crippen molar-refractivity contribution < 1.29 is 14.3 Å². The minimum Gasteiger partial charge on any atom is -0.493 e. The van der Waals surface area contributed by atoms with Crippen LogP contribution in [0.5, 0.6) is 11.5 Å². The number of thioether (sulfide) groups is 1. The van der Waals surface area contributed by atoms with Gasteiger partial charge in [0.05, 0.1) is 19.5 Å². The maximum absolute atomic E-state index is 12.4. The van der Waals surface area contributed by atoms with Crippen LogP contribution in [-0.2, 0) is 11.3 Å². The van der Waals surface area contributed by atoms with Crippen molar-refractivity contribution in [1.29, 1.82) is 0 Å². The molecule has 1 unspecified atom stereocenters. The fourth-order valence-electron chi connectivity index (χ4n) is 2.18. The van der Waals surface area contributed by atoms with Crippen molar-refractivity contribution in [3.8, 4) is 11.5 Å². The standard InChI is InChI=1S/C16H22N4O4S/c1-5-8-20-15(22)18-19-16(20)25-10(2)14(21)17-11-6-7-12(23-3)13(9-11)24-4/h6-7,9-10H,5,8H2,1-4H3,(H,17,21)(H,18,22). The molecule has 8 nitrogen and oxygen atoms in total. The third-order valence-electron chi connectivity index (χ3n) is 3.47. The summed E-state index contributed by atoms with van der Waals surface area (Å²) >= 11 is 1.23. The third-order valence-corrected chi connectivity index (χ3v) is 4.56. The lowest BCUT2D eigenvalue weighted by Crippen LogP contribution is -2.24. The van der Waals surface area contributed by atoms with Gasteiger partial charge < -0.3 is 14.8 Å². The van der Waals surface area contributed by atoms with Crippen LogP contribution in [0.1, 0.15) is 20.3 Å². The number of carbonyl (C=O) groups is 1. The van der Waals surface area contributed by atoms with E-state index in [0.29, 0.717) is 28.9 Å². The molecular weight excluding hydrogens is 344 g/mol. The lowest BCUT2D eigenvalue weighted by molar-refractivity contribution is -0.115. The molecule has 1 aromatic carbocycles. The maximum Gasteiger partial charge on any atom is 0.343 e. The molecule has 0 radical (unpaired) electrons. The van der Waals surface area contributed by atoms with Crippen LogP contribution in [0.4, 0.5) is 5.69 Å². The van der Waals surface area contributed by atoms with Crippen molar-refractivity contribution in [1.82, 2.24) is 14.8 Å². The van der Waals surface area contributed by atoms with Crippen LogP contribution in [0.3, 0.4) is 0 Å². The molecule has 2 rings (SSSR count). The van der Waals surface area contributed by atoms with Gasteiger partial charge >= 0.3 is 5.69 Å². The number of hydrogen-bond acceptors (Lipinski definition) is 6. The van der Waals surface area contributed by atoms with Crippen molar-refractivity contribution in [3.63, 3.8) is 0 Å². The fourth-order valence-corrected chi connectivity index (χ4v) is 3.07. The Labute approximate surface area is 149 Å². The van der Waals surface area contributed by atoms with Crippen molar-refractivity contribution in [2.75, 3.05) is 19.5 Å². The Bertz CT molecular complexity index is 787. The minimum atomic E-state index is -0.432. The van der Waals surface area contributed by atoms with E-state index in [-0.39, 0.29) is 11.6 Å². The summed E-state index contributed by atoms with van der Waals surface area (Å²) in [6, 6.07) is 5.15. The number of anilines is 1. The van der Waals surface area contributed by atoms with Gasteiger partial charge in [0.25, 0.3) is 0 Å². The lowest BCUT2D eigenvalue weighted by atomic mass is 10.2. The van der Waals surface area contributed by atoms with Gasteiger partial charge in [-0.1, -0.05) is 18.7 Å². The summed E-state index contributed by atoms with van der Waals surface area (Å²) in [6.45, 7) is 4.29. The van der Waals surface area contributed by atoms with E-state index in [9.17, 15) is 9.59 Å². The number of amides is 1.